The Hall–Kier alpha value is -2.20. The average Bonchev–Trinajstić information content (AvgIpc) is 3.46. The van der Waals surface area contributed by atoms with E-state index in [9.17, 15) is 29.4 Å². The fourth-order valence-corrected chi connectivity index (χ4v) is 10.4. The van der Waals surface area contributed by atoms with Crippen LogP contribution in [0, 0.1) is 0 Å². The molecule has 0 aliphatic carbocycles. The quantitative estimate of drug-likeness (QED) is 0.0343. The minimum Gasteiger partial charge on any atom is -0.462 e. The van der Waals surface area contributed by atoms with Crippen molar-refractivity contribution in [2.24, 2.45) is 0 Å². The molecule has 2 N–H and O–H groups in total. The first-order valence-corrected chi connectivity index (χ1v) is 35.2. The predicted octanol–water partition coefficient (Wildman–Crippen LogP) is 20.8. The molecule has 0 heterocycles. The van der Waals surface area contributed by atoms with Crippen molar-refractivity contribution < 1.29 is 48.3 Å². The zero-order valence-corrected chi connectivity index (χ0v) is 53.7. The van der Waals surface area contributed by atoms with Crippen LogP contribution in [0.25, 0.3) is 0 Å². The summed E-state index contributed by atoms with van der Waals surface area (Å²) < 4.78 is 21.1. The molecule has 0 aliphatic rings. The van der Waals surface area contributed by atoms with E-state index in [2.05, 4.69) is 27.7 Å². The van der Waals surface area contributed by atoms with Crippen LogP contribution in [0.5, 0.6) is 0 Å². The highest BCUT2D eigenvalue weighted by molar-refractivity contribution is 5.71. The number of aliphatic hydroxyl groups excluding tert-OH is 2. The minimum atomic E-state index is -0.759. The van der Waals surface area contributed by atoms with Crippen molar-refractivity contribution in [2.75, 3.05) is 26.4 Å². The van der Waals surface area contributed by atoms with Crippen LogP contribution in [0.4, 0.5) is 0 Å². The molecule has 0 aromatic carbocycles. The highest BCUT2D eigenvalue weighted by atomic mass is 16.6. The van der Waals surface area contributed by atoms with Crippen LogP contribution in [0.2, 0.25) is 0 Å². The van der Waals surface area contributed by atoms with E-state index < -0.39 is 12.2 Å². The van der Waals surface area contributed by atoms with Crippen molar-refractivity contribution in [3.05, 3.63) is 0 Å². The fraction of sp³-hybridized carbons (Fsp3) is 0.943. The Morgan fingerprint density at radius 2 is 0.388 bits per heavy atom. The first-order chi connectivity index (χ1) is 39.3. The molecule has 0 aliphatic heterocycles. The molecule has 80 heavy (non-hydrogen) atoms. The summed E-state index contributed by atoms with van der Waals surface area (Å²) in [7, 11) is 0. The number of carbonyl (C=O) groups is 4. The third kappa shape index (κ3) is 66.6. The van der Waals surface area contributed by atoms with Gasteiger partial charge < -0.3 is 29.2 Å². The zero-order valence-electron chi connectivity index (χ0n) is 53.7. The molecule has 10 nitrogen and oxygen atoms in total. The third-order valence-corrected chi connectivity index (χ3v) is 15.8. The van der Waals surface area contributed by atoms with Crippen LogP contribution in [0.1, 0.15) is 387 Å². The second-order valence-corrected chi connectivity index (χ2v) is 23.9. The number of aliphatic hydroxyl groups is 2. The molecule has 0 saturated heterocycles. The summed E-state index contributed by atoms with van der Waals surface area (Å²) in [5.41, 5.74) is 0. The molecule has 0 amide bonds. The lowest BCUT2D eigenvalue weighted by Gasteiger charge is -2.15. The summed E-state index contributed by atoms with van der Waals surface area (Å²) in [4.78, 5) is 48.2. The molecule has 1 unspecified atom stereocenters. The van der Waals surface area contributed by atoms with Crippen LogP contribution in [-0.2, 0) is 38.1 Å². The Morgan fingerprint density at radius 3 is 0.550 bits per heavy atom. The van der Waals surface area contributed by atoms with Gasteiger partial charge in [0.05, 0.1) is 13.2 Å². The van der Waals surface area contributed by atoms with E-state index in [1.807, 2.05) is 0 Å². The van der Waals surface area contributed by atoms with Crippen LogP contribution in [0.15, 0.2) is 0 Å². The van der Waals surface area contributed by atoms with Crippen molar-refractivity contribution in [1.82, 2.24) is 0 Å². The molecule has 0 aromatic rings. The molecule has 0 radical (unpaired) electrons. The third-order valence-electron chi connectivity index (χ3n) is 15.8. The molecule has 2 atom stereocenters. The molecule has 0 fully saturated rings. The number of carbonyl (C=O) groups excluding carboxylic acids is 4. The summed E-state index contributed by atoms with van der Waals surface area (Å²) in [6.45, 7) is 8.28. The normalized spacial score (nSPS) is 12.0. The molecule has 476 valence electrons. The molecule has 0 spiro atoms. The Balaban J connectivity index is 0. The van der Waals surface area contributed by atoms with Crippen LogP contribution >= 0.6 is 0 Å². The van der Waals surface area contributed by atoms with E-state index in [1.54, 1.807) is 0 Å². The summed E-state index contributed by atoms with van der Waals surface area (Å²) in [5.74, 6) is -1.16. The second-order valence-electron chi connectivity index (χ2n) is 23.9. The molecule has 0 rings (SSSR count). The van der Waals surface area contributed by atoms with Crippen molar-refractivity contribution in [3.8, 4) is 0 Å². The maximum Gasteiger partial charge on any atom is 0.306 e. The van der Waals surface area contributed by atoms with Crippen LogP contribution in [-0.4, -0.2) is 72.7 Å². The number of hydrogen-bond donors (Lipinski definition) is 2. The molecular weight excluding hydrogens is 1000 g/mol. The summed E-state index contributed by atoms with van der Waals surface area (Å²) in [5, 5.41) is 19.0. The standard InChI is InChI=1S/2C35H68O5/c2*1-3-5-7-9-11-13-15-17-19-21-23-25-27-29-34(37)39-32-33(31-36)40-35(38)30-28-26-24-22-20-18-16-14-12-10-8-6-4-2/h2*33,36H,3-32H2,1-2H3/t33-;/m0./s1. The fourth-order valence-electron chi connectivity index (χ4n) is 10.4. The van der Waals surface area contributed by atoms with Gasteiger partial charge in [-0.1, -0.05) is 336 Å². The van der Waals surface area contributed by atoms with Gasteiger partial charge in [0.15, 0.2) is 12.2 Å². The predicted molar refractivity (Wildman–Crippen MR) is 337 cm³/mol. The van der Waals surface area contributed by atoms with Gasteiger partial charge in [-0.2, -0.15) is 0 Å². The summed E-state index contributed by atoms with van der Waals surface area (Å²) >= 11 is 0. The van der Waals surface area contributed by atoms with E-state index >= 15 is 0 Å². The van der Waals surface area contributed by atoms with Gasteiger partial charge in [-0.25, -0.2) is 0 Å². The van der Waals surface area contributed by atoms with E-state index in [0.29, 0.717) is 25.7 Å². The van der Waals surface area contributed by atoms with Gasteiger partial charge in [-0.15, -0.1) is 0 Å². The van der Waals surface area contributed by atoms with Gasteiger partial charge in [0.25, 0.3) is 0 Å². The average molecular weight is 1140 g/mol. The first-order valence-electron chi connectivity index (χ1n) is 35.2. The van der Waals surface area contributed by atoms with Gasteiger partial charge >= 0.3 is 23.9 Å². The zero-order chi connectivity index (χ0) is 58.7. The van der Waals surface area contributed by atoms with E-state index in [-0.39, 0.29) is 50.3 Å². The molecule has 0 saturated carbocycles. The molecule has 10 heteroatoms. The SMILES string of the molecule is CCCCCCCCCCCCCCCC(=O)OCC(CO)OC(=O)CCCCCCCCCCCCCCC.CCCCCCCCCCCCCCCC(=O)OC[C@H](CO)OC(=O)CCCCCCCCCCCCCCC. The van der Waals surface area contributed by atoms with Crippen molar-refractivity contribution in [3.63, 3.8) is 0 Å². The number of esters is 4. The van der Waals surface area contributed by atoms with E-state index in [1.165, 1.54) is 270 Å². The van der Waals surface area contributed by atoms with Gasteiger partial charge in [0.1, 0.15) is 13.2 Å². The van der Waals surface area contributed by atoms with Crippen molar-refractivity contribution in [1.29, 1.82) is 0 Å². The lowest BCUT2D eigenvalue weighted by Crippen LogP contribution is -2.28. The number of unbranched alkanes of at least 4 members (excludes halogenated alkanes) is 48. The highest BCUT2D eigenvalue weighted by Crippen LogP contribution is 2.18. The Labute approximate surface area is 496 Å². The summed E-state index contributed by atoms with van der Waals surface area (Å²) in [6.07, 6.45) is 65.9. The van der Waals surface area contributed by atoms with Gasteiger partial charge in [-0.05, 0) is 25.7 Å². The molecule has 0 bridgehead atoms. The lowest BCUT2D eigenvalue weighted by molar-refractivity contribution is -0.161. The second kappa shape index (κ2) is 69.3. The molecular formula is C70H136O10. The number of hydrogen-bond acceptors (Lipinski definition) is 10. The largest absolute Gasteiger partial charge is 0.462 e. The minimum absolute atomic E-state index is 0.0574. The topological polar surface area (TPSA) is 146 Å². The van der Waals surface area contributed by atoms with Gasteiger partial charge in [-0.3, -0.25) is 19.2 Å². The van der Waals surface area contributed by atoms with Crippen molar-refractivity contribution in [2.45, 2.75) is 399 Å². The van der Waals surface area contributed by atoms with Gasteiger partial charge in [0.2, 0.25) is 0 Å². The highest BCUT2D eigenvalue weighted by Gasteiger charge is 2.18. The lowest BCUT2D eigenvalue weighted by atomic mass is 10.0. The van der Waals surface area contributed by atoms with Crippen LogP contribution < -0.4 is 0 Å². The first kappa shape index (κ1) is 79.9. The maximum atomic E-state index is 12.1. The van der Waals surface area contributed by atoms with Crippen LogP contribution in [0.3, 0.4) is 0 Å². The maximum absolute atomic E-state index is 12.1. The summed E-state index contributed by atoms with van der Waals surface area (Å²) in [6, 6.07) is 0. The smallest absolute Gasteiger partial charge is 0.306 e. The Kier molecular flexibility index (Phi) is 69.2. The van der Waals surface area contributed by atoms with E-state index in [0.717, 1.165) is 64.2 Å². The monoisotopic (exact) mass is 1140 g/mol. The van der Waals surface area contributed by atoms with Gasteiger partial charge in [0, 0.05) is 25.7 Å². The Bertz CT molecular complexity index is 1170. The van der Waals surface area contributed by atoms with E-state index in [4.69, 9.17) is 18.9 Å². The Morgan fingerprint density at radius 1 is 0.237 bits per heavy atom. The molecule has 0 aromatic heterocycles. The number of rotatable bonds is 64. The van der Waals surface area contributed by atoms with Crippen molar-refractivity contribution >= 4 is 23.9 Å². The number of ether oxygens (including phenoxy) is 4.